The highest BCUT2D eigenvalue weighted by atomic mass is 31.2. The molecule has 9 atom stereocenters. The van der Waals surface area contributed by atoms with Crippen LogP contribution in [-0.2, 0) is 32.7 Å². The number of esters is 2. The van der Waals surface area contributed by atoms with Crippen molar-refractivity contribution in [2.75, 3.05) is 13.2 Å². The molecule has 0 aliphatic heterocycles. The molecule has 0 aromatic rings. The minimum absolute atomic E-state index is 0.0152. The van der Waals surface area contributed by atoms with Crippen molar-refractivity contribution in [2.24, 2.45) is 0 Å². The van der Waals surface area contributed by atoms with Gasteiger partial charge in [-0.25, -0.2) is 4.57 Å². The molecular formula is C51H79O14P. The highest BCUT2D eigenvalue weighted by Gasteiger charge is 2.51. The summed E-state index contributed by atoms with van der Waals surface area (Å²) in [5, 5.41) is 59.7. The lowest BCUT2D eigenvalue weighted by atomic mass is 9.85. The van der Waals surface area contributed by atoms with Crippen LogP contribution in [0.1, 0.15) is 123 Å². The number of phosphoric ester groups is 1. The van der Waals surface area contributed by atoms with Crippen molar-refractivity contribution in [3.63, 3.8) is 0 Å². The average molecular weight is 947 g/mol. The molecule has 0 aromatic carbocycles. The molecule has 1 fully saturated rings. The molecule has 372 valence electrons. The predicted octanol–water partition coefficient (Wildman–Crippen LogP) is 8.36. The number of hydrogen-bond acceptors (Lipinski definition) is 13. The number of ether oxygens (including phenoxy) is 2. The fourth-order valence-electron chi connectivity index (χ4n) is 6.05. The van der Waals surface area contributed by atoms with Crippen molar-refractivity contribution in [1.82, 2.24) is 0 Å². The summed E-state index contributed by atoms with van der Waals surface area (Å²) in [6, 6.07) is 0. The zero-order valence-electron chi connectivity index (χ0n) is 39.0. The van der Waals surface area contributed by atoms with Gasteiger partial charge in [0.15, 0.2) is 6.10 Å². The Bertz CT molecular complexity index is 1630. The highest BCUT2D eigenvalue weighted by Crippen LogP contribution is 2.47. The molecule has 14 nitrogen and oxygen atoms in total. The summed E-state index contributed by atoms with van der Waals surface area (Å²) in [6.07, 6.45) is 39.2. The third-order valence-electron chi connectivity index (χ3n) is 9.96. The maximum atomic E-state index is 12.8. The number of phosphoric acid groups is 1. The molecule has 15 heteroatoms. The highest BCUT2D eigenvalue weighted by molar-refractivity contribution is 7.47. The number of allylic oxidation sites excluding steroid dienone is 20. The Morgan fingerprint density at radius 3 is 1.39 bits per heavy atom. The van der Waals surface area contributed by atoms with Gasteiger partial charge in [0.2, 0.25) is 0 Å². The molecule has 0 saturated heterocycles. The number of aliphatic hydroxyl groups is 6. The van der Waals surface area contributed by atoms with Gasteiger partial charge >= 0.3 is 19.8 Å². The minimum atomic E-state index is -5.17. The van der Waals surface area contributed by atoms with Gasteiger partial charge in [0, 0.05) is 12.8 Å². The summed E-state index contributed by atoms with van der Waals surface area (Å²) >= 11 is 0. The van der Waals surface area contributed by atoms with Crippen LogP contribution in [0.2, 0.25) is 0 Å². The summed E-state index contributed by atoms with van der Waals surface area (Å²) in [5.41, 5.74) is 0. The van der Waals surface area contributed by atoms with Gasteiger partial charge in [-0.2, -0.15) is 0 Å². The Morgan fingerprint density at radius 1 is 0.530 bits per heavy atom. The molecule has 0 aromatic heterocycles. The second-order valence-electron chi connectivity index (χ2n) is 15.7. The van der Waals surface area contributed by atoms with Gasteiger partial charge in [0.1, 0.15) is 43.2 Å². The lowest BCUT2D eigenvalue weighted by molar-refractivity contribution is -0.220. The standard InChI is InChI=1S/C51H79O14P/c1-3-5-6-7-8-9-10-11-12-13-14-15-16-20-23-26-29-32-35-38-44(53)62-40-43(41-63-66(60,61)65-51-49(58)47(56)46(55)48(57)50(51)59)64-45(54)39-36-33-30-27-24-21-18-17-19-22-25-28-31-34-37-42(52)4-2/h5-6,8-9,11-12,14-15,18-23,27-32,42-43,46-52,55-59H,3-4,7,10,13,16-17,24-26,33-41H2,1-2H3,(H,60,61)/b6-5-,9-8-,12-11-,15-14-,21-18-,22-19-,23-20-,30-27-,31-28-,32-29-/t42-,43-,46?,47-,48+,49-,50-,51?/m1/s1. The van der Waals surface area contributed by atoms with Crippen LogP contribution in [-0.4, -0.2) is 110 Å². The van der Waals surface area contributed by atoms with Gasteiger partial charge in [-0.1, -0.05) is 135 Å². The fourth-order valence-corrected chi connectivity index (χ4v) is 7.02. The molecular weight excluding hydrogens is 868 g/mol. The maximum absolute atomic E-state index is 12.8. The first-order chi connectivity index (χ1) is 31.8. The van der Waals surface area contributed by atoms with E-state index in [-0.39, 0.29) is 18.9 Å². The van der Waals surface area contributed by atoms with Crippen molar-refractivity contribution < 1.29 is 68.2 Å². The maximum Gasteiger partial charge on any atom is 0.472 e. The van der Waals surface area contributed by atoms with E-state index in [9.17, 15) is 49.7 Å². The van der Waals surface area contributed by atoms with Crippen molar-refractivity contribution in [3.05, 3.63) is 122 Å². The molecule has 1 rings (SSSR count). The Kier molecular flexibility index (Phi) is 35.8. The van der Waals surface area contributed by atoms with E-state index in [2.05, 4.69) is 92.0 Å². The summed E-state index contributed by atoms with van der Waals surface area (Å²) in [5.74, 6) is -1.30. The van der Waals surface area contributed by atoms with Crippen LogP contribution in [0.4, 0.5) is 0 Å². The number of carbonyl (C=O) groups excluding carboxylic acids is 2. The number of carbonyl (C=O) groups is 2. The zero-order chi connectivity index (χ0) is 48.7. The van der Waals surface area contributed by atoms with Crippen LogP contribution in [0, 0.1) is 0 Å². The monoisotopic (exact) mass is 947 g/mol. The third-order valence-corrected chi connectivity index (χ3v) is 10.9. The van der Waals surface area contributed by atoms with Gasteiger partial charge < -0.3 is 45.0 Å². The summed E-state index contributed by atoms with van der Waals surface area (Å²) < 4.78 is 33.4. The largest absolute Gasteiger partial charge is 0.472 e. The van der Waals surface area contributed by atoms with Crippen LogP contribution in [0.5, 0.6) is 0 Å². The molecule has 3 unspecified atom stereocenters. The number of unbranched alkanes of at least 4 members (excludes halogenated alkanes) is 1. The Hall–Kier alpha value is -3.79. The first-order valence-corrected chi connectivity index (χ1v) is 24.9. The number of hydrogen-bond donors (Lipinski definition) is 7. The molecule has 1 aliphatic rings. The Morgan fingerprint density at radius 2 is 0.939 bits per heavy atom. The second-order valence-corrected chi connectivity index (χ2v) is 17.1. The third kappa shape index (κ3) is 31.2. The Balaban J connectivity index is 2.56. The van der Waals surface area contributed by atoms with Crippen LogP contribution in [0.25, 0.3) is 0 Å². The number of aliphatic hydroxyl groups excluding tert-OH is 6. The van der Waals surface area contributed by atoms with Gasteiger partial charge in [0.25, 0.3) is 0 Å². The molecule has 0 spiro atoms. The van der Waals surface area contributed by atoms with E-state index in [0.29, 0.717) is 25.7 Å². The summed E-state index contributed by atoms with van der Waals surface area (Å²) in [7, 11) is -5.17. The van der Waals surface area contributed by atoms with E-state index in [1.165, 1.54) is 0 Å². The molecule has 7 N–H and O–H groups in total. The quantitative estimate of drug-likeness (QED) is 0.0136. The molecule has 0 bridgehead atoms. The van der Waals surface area contributed by atoms with E-state index in [4.69, 9.17) is 18.5 Å². The number of rotatable bonds is 36. The summed E-state index contributed by atoms with van der Waals surface area (Å²) in [4.78, 5) is 35.7. The van der Waals surface area contributed by atoms with Gasteiger partial charge in [-0.05, 0) is 96.3 Å². The van der Waals surface area contributed by atoms with Gasteiger partial charge in [0.05, 0.1) is 12.7 Å². The first-order valence-electron chi connectivity index (χ1n) is 23.4. The van der Waals surface area contributed by atoms with Crippen molar-refractivity contribution >= 4 is 19.8 Å². The van der Waals surface area contributed by atoms with Crippen molar-refractivity contribution in [3.8, 4) is 0 Å². The van der Waals surface area contributed by atoms with E-state index < -0.39 is 75.7 Å². The minimum Gasteiger partial charge on any atom is -0.462 e. The Labute approximate surface area is 393 Å². The van der Waals surface area contributed by atoms with Crippen LogP contribution in [0.3, 0.4) is 0 Å². The summed E-state index contributed by atoms with van der Waals surface area (Å²) in [6.45, 7) is 2.77. The smallest absolute Gasteiger partial charge is 0.462 e. The van der Waals surface area contributed by atoms with Crippen molar-refractivity contribution in [1.29, 1.82) is 0 Å². The molecule has 1 aliphatic carbocycles. The lowest BCUT2D eigenvalue weighted by Gasteiger charge is -2.41. The van der Waals surface area contributed by atoms with Gasteiger partial charge in [-0.3, -0.25) is 18.6 Å². The van der Waals surface area contributed by atoms with Crippen LogP contribution >= 0.6 is 7.82 Å². The van der Waals surface area contributed by atoms with E-state index >= 15 is 0 Å². The van der Waals surface area contributed by atoms with Gasteiger partial charge in [-0.15, -0.1) is 0 Å². The molecule has 0 heterocycles. The van der Waals surface area contributed by atoms with Crippen LogP contribution < -0.4 is 0 Å². The fraction of sp³-hybridized carbons (Fsp3) is 0.569. The normalized spacial score (nSPS) is 22.9. The zero-order valence-corrected chi connectivity index (χ0v) is 39.9. The van der Waals surface area contributed by atoms with E-state index in [0.717, 1.165) is 70.6 Å². The predicted molar refractivity (Wildman–Crippen MR) is 259 cm³/mol. The SMILES string of the molecule is CC/C=C\C/C=C\C/C=C\C/C=C\C/C=C\C/C=C\CCC(=O)OC[C@H](COP(=O)(O)OC1[C@H](O)[C@H](O)C(O)[C@H](O)[C@H]1O)OC(=O)CCC/C=C\C/C=C\C/C=C\C/C=C\CC[C@H](O)CC. The topological polar surface area (TPSA) is 230 Å². The van der Waals surface area contributed by atoms with Crippen LogP contribution in [0.15, 0.2) is 122 Å². The molecule has 0 radical (unpaired) electrons. The first kappa shape index (κ1) is 60.2. The average Bonchev–Trinajstić information content (AvgIpc) is 3.30. The van der Waals surface area contributed by atoms with E-state index in [1.54, 1.807) is 0 Å². The lowest BCUT2D eigenvalue weighted by Crippen LogP contribution is -2.64. The van der Waals surface area contributed by atoms with E-state index in [1.807, 2.05) is 43.4 Å². The molecule has 66 heavy (non-hydrogen) atoms. The molecule has 1 saturated carbocycles. The second kappa shape index (κ2) is 39.2. The van der Waals surface area contributed by atoms with Crippen molar-refractivity contribution in [2.45, 2.75) is 172 Å². The molecule has 0 amide bonds.